The Labute approximate surface area is 168 Å². The summed E-state index contributed by atoms with van der Waals surface area (Å²) in [6, 6.07) is 12.0. The maximum Gasteiger partial charge on any atom is 0.257 e. The summed E-state index contributed by atoms with van der Waals surface area (Å²) >= 11 is 6.04. The number of rotatable bonds is 3. The Hall–Kier alpha value is -2.66. The highest BCUT2D eigenvalue weighted by atomic mass is 35.5. The summed E-state index contributed by atoms with van der Waals surface area (Å²) in [6.07, 6.45) is 3.40. The summed E-state index contributed by atoms with van der Waals surface area (Å²) in [7, 11) is 0. The van der Waals surface area contributed by atoms with Crippen molar-refractivity contribution in [3.05, 3.63) is 58.6 Å². The SMILES string of the molecule is Cc1ccc(Cl)cc1NC(=O)c1ccccc1N1C(=O)[C@H]2CCCC[C@@H]2C1=O. The van der Waals surface area contributed by atoms with E-state index in [1.807, 2.05) is 13.0 Å². The number of halogens is 1. The van der Waals surface area contributed by atoms with Gasteiger partial charge in [-0.05, 0) is 49.6 Å². The first-order valence-electron chi connectivity index (χ1n) is 9.51. The second kappa shape index (κ2) is 7.40. The number of hydrogen-bond acceptors (Lipinski definition) is 3. The second-order valence-corrected chi connectivity index (χ2v) is 7.88. The lowest BCUT2D eigenvalue weighted by molar-refractivity contribution is -0.122. The first kappa shape index (κ1) is 18.7. The van der Waals surface area contributed by atoms with Gasteiger partial charge in [0.1, 0.15) is 0 Å². The molecule has 1 heterocycles. The van der Waals surface area contributed by atoms with Crippen LogP contribution < -0.4 is 10.2 Å². The van der Waals surface area contributed by atoms with Crippen molar-refractivity contribution in [1.82, 2.24) is 0 Å². The van der Waals surface area contributed by atoms with Gasteiger partial charge in [0, 0.05) is 10.7 Å². The van der Waals surface area contributed by atoms with Crippen LogP contribution in [0.25, 0.3) is 0 Å². The van der Waals surface area contributed by atoms with Crippen LogP contribution in [0.3, 0.4) is 0 Å². The maximum absolute atomic E-state index is 13.0. The summed E-state index contributed by atoms with van der Waals surface area (Å²) in [5.41, 5.74) is 2.11. The Balaban J connectivity index is 1.67. The molecular formula is C22H21ClN2O3. The van der Waals surface area contributed by atoms with Gasteiger partial charge in [0.25, 0.3) is 5.91 Å². The minimum atomic E-state index is -0.378. The molecular weight excluding hydrogens is 376 g/mol. The lowest BCUT2D eigenvalue weighted by Gasteiger charge is -2.19. The summed E-state index contributed by atoms with van der Waals surface area (Å²) in [4.78, 5) is 40.1. The van der Waals surface area contributed by atoms with E-state index in [1.165, 1.54) is 4.90 Å². The van der Waals surface area contributed by atoms with Gasteiger partial charge in [-0.15, -0.1) is 0 Å². The van der Waals surface area contributed by atoms with Gasteiger partial charge in [0.15, 0.2) is 0 Å². The fourth-order valence-corrected chi connectivity index (χ4v) is 4.35. The zero-order chi connectivity index (χ0) is 19.8. The molecule has 0 aromatic heterocycles. The molecule has 0 unspecified atom stereocenters. The topological polar surface area (TPSA) is 66.5 Å². The predicted molar refractivity (Wildman–Crippen MR) is 109 cm³/mol. The summed E-state index contributed by atoms with van der Waals surface area (Å²) in [6.45, 7) is 1.87. The highest BCUT2D eigenvalue weighted by Gasteiger charge is 2.49. The van der Waals surface area contributed by atoms with Crippen molar-refractivity contribution in [1.29, 1.82) is 0 Å². The number of amides is 3. The van der Waals surface area contributed by atoms with Gasteiger partial charge in [-0.25, -0.2) is 4.90 Å². The van der Waals surface area contributed by atoms with Gasteiger partial charge in [-0.2, -0.15) is 0 Å². The smallest absolute Gasteiger partial charge is 0.257 e. The van der Waals surface area contributed by atoms with Crippen molar-refractivity contribution in [2.45, 2.75) is 32.6 Å². The summed E-state index contributed by atoms with van der Waals surface area (Å²) < 4.78 is 0. The molecule has 1 aliphatic carbocycles. The number of carbonyl (C=O) groups excluding carboxylic acids is 3. The van der Waals surface area contributed by atoms with Gasteiger partial charge in [-0.1, -0.05) is 42.6 Å². The molecule has 0 radical (unpaired) electrons. The number of nitrogens with one attached hydrogen (secondary N) is 1. The molecule has 28 heavy (non-hydrogen) atoms. The molecule has 2 aliphatic rings. The molecule has 0 bridgehead atoms. The molecule has 0 spiro atoms. The van der Waals surface area contributed by atoms with E-state index in [0.717, 1.165) is 31.2 Å². The fourth-order valence-electron chi connectivity index (χ4n) is 4.18. The van der Waals surface area contributed by atoms with Gasteiger partial charge in [-0.3, -0.25) is 14.4 Å². The van der Waals surface area contributed by atoms with E-state index in [4.69, 9.17) is 11.6 Å². The van der Waals surface area contributed by atoms with Crippen LogP contribution in [0.2, 0.25) is 5.02 Å². The Morgan fingerprint density at radius 2 is 1.68 bits per heavy atom. The zero-order valence-electron chi connectivity index (χ0n) is 15.6. The Bertz CT molecular complexity index is 948. The van der Waals surface area contributed by atoms with Crippen molar-refractivity contribution in [2.75, 3.05) is 10.2 Å². The number of para-hydroxylation sites is 1. The zero-order valence-corrected chi connectivity index (χ0v) is 16.3. The minimum Gasteiger partial charge on any atom is -0.322 e. The summed E-state index contributed by atoms with van der Waals surface area (Å²) in [5, 5.41) is 3.37. The Morgan fingerprint density at radius 1 is 1.04 bits per heavy atom. The Kier molecular flexibility index (Phi) is 4.94. The quantitative estimate of drug-likeness (QED) is 0.772. The molecule has 3 amide bonds. The molecule has 1 aliphatic heterocycles. The van der Waals surface area contributed by atoms with Gasteiger partial charge < -0.3 is 5.32 Å². The first-order chi connectivity index (χ1) is 13.5. The molecule has 2 aromatic rings. The van der Waals surface area contributed by atoms with Crippen LogP contribution in [0.1, 0.15) is 41.6 Å². The van der Waals surface area contributed by atoms with Crippen LogP contribution >= 0.6 is 11.6 Å². The van der Waals surface area contributed by atoms with Crippen LogP contribution in [0.15, 0.2) is 42.5 Å². The van der Waals surface area contributed by atoms with Gasteiger partial charge in [0.2, 0.25) is 11.8 Å². The number of imide groups is 1. The van der Waals surface area contributed by atoms with E-state index in [2.05, 4.69) is 5.32 Å². The van der Waals surface area contributed by atoms with E-state index < -0.39 is 0 Å². The number of benzene rings is 2. The van der Waals surface area contributed by atoms with Crippen LogP contribution in [0, 0.1) is 18.8 Å². The third-order valence-corrected chi connectivity index (χ3v) is 5.91. The average Bonchev–Trinajstić information content (AvgIpc) is 2.95. The van der Waals surface area contributed by atoms with E-state index in [1.54, 1.807) is 36.4 Å². The molecule has 1 saturated carbocycles. The molecule has 2 aromatic carbocycles. The van der Waals surface area contributed by atoms with Crippen molar-refractivity contribution in [2.24, 2.45) is 11.8 Å². The minimum absolute atomic E-state index is 0.186. The van der Waals surface area contributed by atoms with Crippen molar-refractivity contribution >= 4 is 40.7 Å². The molecule has 2 atom stereocenters. The molecule has 2 fully saturated rings. The lowest BCUT2D eigenvalue weighted by Crippen LogP contribution is -2.33. The first-order valence-corrected chi connectivity index (χ1v) is 9.89. The van der Waals surface area contributed by atoms with E-state index in [9.17, 15) is 14.4 Å². The van der Waals surface area contributed by atoms with Crippen LogP contribution in [-0.2, 0) is 9.59 Å². The summed E-state index contributed by atoms with van der Waals surface area (Å²) in [5.74, 6) is -1.26. The number of nitrogens with zero attached hydrogens (tertiary/aromatic N) is 1. The fraction of sp³-hybridized carbons (Fsp3) is 0.318. The van der Waals surface area contributed by atoms with Crippen LogP contribution in [0.4, 0.5) is 11.4 Å². The molecule has 144 valence electrons. The lowest BCUT2D eigenvalue weighted by atomic mass is 9.81. The number of hydrogen-bond donors (Lipinski definition) is 1. The third kappa shape index (κ3) is 3.20. The van der Waals surface area contributed by atoms with Crippen molar-refractivity contribution in [3.63, 3.8) is 0 Å². The molecule has 1 N–H and O–H groups in total. The maximum atomic E-state index is 13.0. The predicted octanol–water partition coefficient (Wildman–Crippen LogP) is 4.58. The normalized spacial score (nSPS) is 21.6. The van der Waals surface area contributed by atoms with Gasteiger partial charge in [0.05, 0.1) is 23.1 Å². The standard InChI is InChI=1S/C22H21ClN2O3/c1-13-10-11-14(23)12-18(13)24-20(26)17-8-4-5-9-19(17)25-21(27)15-6-2-3-7-16(15)22(25)28/h4-5,8-12,15-16H,2-3,6-7H2,1H3,(H,24,26)/t15-,16-/m0/s1. The monoisotopic (exact) mass is 396 g/mol. The van der Waals surface area contributed by atoms with Crippen molar-refractivity contribution in [3.8, 4) is 0 Å². The highest BCUT2D eigenvalue weighted by Crippen LogP contribution is 2.41. The average molecular weight is 397 g/mol. The molecule has 1 saturated heterocycles. The number of aryl methyl sites for hydroxylation is 1. The molecule has 6 heteroatoms. The largest absolute Gasteiger partial charge is 0.322 e. The van der Waals surface area contributed by atoms with Gasteiger partial charge >= 0.3 is 0 Å². The Morgan fingerprint density at radius 3 is 2.36 bits per heavy atom. The van der Waals surface area contributed by atoms with E-state index in [-0.39, 0.29) is 29.6 Å². The van der Waals surface area contributed by atoms with E-state index >= 15 is 0 Å². The molecule has 5 nitrogen and oxygen atoms in total. The number of anilines is 2. The van der Waals surface area contributed by atoms with Crippen LogP contribution in [-0.4, -0.2) is 17.7 Å². The second-order valence-electron chi connectivity index (χ2n) is 7.44. The third-order valence-electron chi connectivity index (χ3n) is 5.68. The number of fused-ring (bicyclic) bond motifs is 1. The van der Waals surface area contributed by atoms with Crippen molar-refractivity contribution < 1.29 is 14.4 Å². The molecule has 4 rings (SSSR count). The van der Waals surface area contributed by atoms with Crippen LogP contribution in [0.5, 0.6) is 0 Å². The highest BCUT2D eigenvalue weighted by molar-refractivity contribution is 6.31. The van der Waals surface area contributed by atoms with E-state index in [0.29, 0.717) is 22.0 Å². The number of carbonyl (C=O) groups is 3.